The number of carboxylic acids is 1. The van der Waals surface area contributed by atoms with Crippen molar-refractivity contribution in [3.05, 3.63) is 36.0 Å². The van der Waals surface area contributed by atoms with Gasteiger partial charge in [-0.2, -0.15) is 0 Å². The molecular weight excluding hydrogens is 217 g/mol. The number of hydrogen-bond donors (Lipinski definition) is 2. The van der Waals surface area contributed by atoms with Gasteiger partial charge in [0, 0.05) is 17.1 Å². The van der Waals surface area contributed by atoms with Gasteiger partial charge < -0.3 is 10.1 Å². The predicted octanol–water partition coefficient (Wildman–Crippen LogP) is 1.56. The Morgan fingerprint density at radius 3 is 2.81 bits per heavy atom. The fourth-order valence-electron chi connectivity index (χ4n) is 1.87. The highest BCUT2D eigenvalue weighted by Gasteiger charge is 2.13. The number of H-pyrrole nitrogens is 1. The first-order chi connectivity index (χ1) is 7.18. The van der Waals surface area contributed by atoms with Crippen LogP contribution in [0.1, 0.15) is 24.8 Å². The molecule has 84 valence electrons. The number of rotatable bonds is 3. The van der Waals surface area contributed by atoms with Crippen LogP contribution in [0.25, 0.3) is 10.9 Å². The number of hydrogen-bond acceptors (Lipinski definition) is 1. The highest BCUT2D eigenvalue weighted by molar-refractivity contribution is 5.84. The van der Waals surface area contributed by atoms with E-state index in [0.717, 1.165) is 16.5 Å². The second-order valence-electron chi connectivity index (χ2n) is 3.79. The first-order valence-electron chi connectivity index (χ1n) is 4.96. The maximum Gasteiger partial charge on any atom is 0.303 e. The topological polar surface area (TPSA) is 53.1 Å². The number of aliphatic carboxylic acids is 1. The van der Waals surface area contributed by atoms with Crippen molar-refractivity contribution in [2.75, 3.05) is 0 Å². The summed E-state index contributed by atoms with van der Waals surface area (Å²) in [5.74, 6) is -0.716. The minimum Gasteiger partial charge on any atom is -0.481 e. The number of para-hydroxylation sites is 1. The quantitative estimate of drug-likeness (QED) is 0.790. The average Bonchev–Trinajstić information content (AvgIpc) is 2.59. The van der Waals surface area contributed by atoms with E-state index in [1.165, 1.54) is 0 Å². The Bertz CT molecular complexity index is 492. The number of nitrogens with one attached hydrogen (secondary N) is 1. The molecule has 3 nitrogen and oxygen atoms in total. The van der Waals surface area contributed by atoms with Gasteiger partial charge in [-0.1, -0.05) is 25.1 Å². The Kier molecular flexibility index (Phi) is 4.17. The summed E-state index contributed by atoms with van der Waals surface area (Å²) in [5.41, 5.74) is 2.14. The van der Waals surface area contributed by atoms with Crippen molar-refractivity contribution in [3.63, 3.8) is 0 Å². The van der Waals surface area contributed by atoms with E-state index >= 15 is 0 Å². The van der Waals surface area contributed by atoms with Crippen molar-refractivity contribution in [2.45, 2.75) is 19.3 Å². The molecular formula is C12H16AlNO2. The van der Waals surface area contributed by atoms with E-state index in [2.05, 4.69) is 4.98 Å². The molecule has 0 saturated heterocycles. The van der Waals surface area contributed by atoms with Crippen LogP contribution in [0.5, 0.6) is 0 Å². The van der Waals surface area contributed by atoms with Gasteiger partial charge in [0.1, 0.15) is 0 Å². The molecule has 0 bridgehead atoms. The fraction of sp³-hybridized carbons (Fsp3) is 0.250. The van der Waals surface area contributed by atoms with E-state index in [4.69, 9.17) is 5.11 Å². The van der Waals surface area contributed by atoms with Crippen LogP contribution < -0.4 is 0 Å². The first-order valence-corrected chi connectivity index (χ1v) is 4.96. The molecule has 0 fully saturated rings. The highest BCUT2D eigenvalue weighted by Crippen LogP contribution is 2.27. The highest BCUT2D eigenvalue weighted by atomic mass is 27.0. The Labute approximate surface area is 105 Å². The van der Waals surface area contributed by atoms with Crippen LogP contribution in [0, 0.1) is 0 Å². The van der Waals surface area contributed by atoms with Gasteiger partial charge in [-0.3, -0.25) is 4.79 Å². The third-order valence-corrected chi connectivity index (χ3v) is 2.63. The van der Waals surface area contributed by atoms with Crippen molar-refractivity contribution >= 4 is 34.2 Å². The van der Waals surface area contributed by atoms with Gasteiger partial charge >= 0.3 is 5.97 Å². The maximum absolute atomic E-state index is 10.6. The summed E-state index contributed by atoms with van der Waals surface area (Å²) in [7, 11) is 0. The van der Waals surface area contributed by atoms with Gasteiger partial charge in [0.15, 0.2) is 17.4 Å². The Morgan fingerprint density at radius 2 is 2.12 bits per heavy atom. The second kappa shape index (κ2) is 5.20. The minimum absolute atomic E-state index is 0. The molecule has 16 heavy (non-hydrogen) atoms. The van der Waals surface area contributed by atoms with Crippen LogP contribution in [0.2, 0.25) is 0 Å². The van der Waals surface area contributed by atoms with Crippen molar-refractivity contribution in [1.29, 1.82) is 0 Å². The van der Waals surface area contributed by atoms with Gasteiger partial charge in [-0.25, -0.2) is 0 Å². The Balaban J connectivity index is 0.00000128. The molecule has 1 atom stereocenters. The van der Waals surface area contributed by atoms with Crippen molar-refractivity contribution < 1.29 is 9.90 Å². The van der Waals surface area contributed by atoms with Gasteiger partial charge in [-0.15, -0.1) is 0 Å². The molecule has 1 aromatic heterocycles. The van der Waals surface area contributed by atoms with E-state index < -0.39 is 5.97 Å². The number of carboxylic acid groups (broad SMARTS) is 1. The molecule has 4 heteroatoms. The summed E-state index contributed by atoms with van der Waals surface area (Å²) < 4.78 is 0. The zero-order valence-corrected chi connectivity index (χ0v) is 8.53. The van der Waals surface area contributed by atoms with E-state index in [-0.39, 0.29) is 29.7 Å². The predicted molar refractivity (Wildman–Crippen MR) is 68.9 cm³/mol. The molecule has 2 aromatic rings. The Morgan fingerprint density at radius 1 is 1.44 bits per heavy atom. The standard InChI is InChI=1S/C12H13NO2.Al.3H/c1-8(6-12(14)15)10-7-13-11-5-3-2-4-9(10)11;;;;/h2-5,7-8,13H,6H2,1H3,(H,14,15);;;;. The molecule has 0 radical (unpaired) electrons. The lowest BCUT2D eigenvalue weighted by Crippen LogP contribution is -2.02. The normalized spacial score (nSPS) is 12.1. The van der Waals surface area contributed by atoms with E-state index in [1.54, 1.807) is 0 Å². The zero-order valence-electron chi connectivity index (χ0n) is 8.53. The molecule has 0 aliphatic carbocycles. The number of fused-ring (bicyclic) bond motifs is 1. The smallest absolute Gasteiger partial charge is 0.303 e. The lowest BCUT2D eigenvalue weighted by Gasteiger charge is -2.06. The number of aromatic amines is 1. The third kappa shape index (κ3) is 2.47. The maximum atomic E-state index is 10.6. The van der Waals surface area contributed by atoms with Crippen molar-refractivity contribution in [2.24, 2.45) is 0 Å². The van der Waals surface area contributed by atoms with Crippen molar-refractivity contribution in [3.8, 4) is 0 Å². The summed E-state index contributed by atoms with van der Waals surface area (Å²) in [6.45, 7) is 1.93. The van der Waals surface area contributed by atoms with Gasteiger partial charge in [0.2, 0.25) is 0 Å². The summed E-state index contributed by atoms with van der Waals surface area (Å²) in [4.78, 5) is 13.8. The lowest BCUT2D eigenvalue weighted by atomic mass is 9.97. The van der Waals surface area contributed by atoms with E-state index in [1.807, 2.05) is 37.4 Å². The monoisotopic (exact) mass is 233 g/mol. The summed E-state index contributed by atoms with van der Waals surface area (Å²) in [6.07, 6.45) is 2.07. The van der Waals surface area contributed by atoms with Gasteiger partial charge in [0.25, 0.3) is 0 Å². The molecule has 1 heterocycles. The third-order valence-electron chi connectivity index (χ3n) is 2.63. The molecule has 0 amide bonds. The second-order valence-corrected chi connectivity index (χ2v) is 3.79. The van der Waals surface area contributed by atoms with Crippen LogP contribution in [-0.2, 0) is 4.79 Å². The first kappa shape index (κ1) is 12.8. The SMILES string of the molecule is CC(CC(=O)O)c1c[nH]c2ccccc12.[AlH3]. The van der Waals surface area contributed by atoms with Crippen LogP contribution in [0.4, 0.5) is 0 Å². The molecule has 1 aromatic carbocycles. The van der Waals surface area contributed by atoms with Gasteiger partial charge in [-0.05, 0) is 17.5 Å². The number of benzene rings is 1. The van der Waals surface area contributed by atoms with E-state index in [0.29, 0.717) is 0 Å². The molecule has 0 saturated carbocycles. The van der Waals surface area contributed by atoms with Crippen LogP contribution in [0.15, 0.2) is 30.5 Å². The zero-order chi connectivity index (χ0) is 10.8. The molecule has 0 aliphatic rings. The summed E-state index contributed by atoms with van der Waals surface area (Å²) >= 11 is 0. The van der Waals surface area contributed by atoms with E-state index in [9.17, 15) is 4.79 Å². The average molecular weight is 233 g/mol. The van der Waals surface area contributed by atoms with Gasteiger partial charge in [0.05, 0.1) is 6.42 Å². The molecule has 0 aliphatic heterocycles. The van der Waals surface area contributed by atoms with Crippen LogP contribution in [-0.4, -0.2) is 33.4 Å². The fourth-order valence-corrected chi connectivity index (χ4v) is 1.87. The molecule has 0 spiro atoms. The molecule has 1 unspecified atom stereocenters. The Hall–Kier alpha value is -1.24. The lowest BCUT2D eigenvalue weighted by molar-refractivity contribution is -0.137. The summed E-state index contributed by atoms with van der Waals surface area (Å²) in [6, 6.07) is 7.93. The van der Waals surface area contributed by atoms with Crippen molar-refractivity contribution in [1.82, 2.24) is 4.98 Å². The molecule has 2 N–H and O–H groups in total. The largest absolute Gasteiger partial charge is 0.481 e. The summed E-state index contributed by atoms with van der Waals surface area (Å²) in [5, 5.41) is 9.86. The van der Waals surface area contributed by atoms with Crippen LogP contribution in [0.3, 0.4) is 0 Å². The molecule has 2 rings (SSSR count). The number of carbonyl (C=O) groups is 1. The van der Waals surface area contributed by atoms with Crippen LogP contribution >= 0.6 is 0 Å². The minimum atomic E-state index is -0.757. The number of aromatic nitrogens is 1.